The Morgan fingerprint density at radius 3 is 2.79 bits per heavy atom. The molecule has 0 saturated carbocycles. The van der Waals surface area contributed by atoms with E-state index in [1.165, 1.54) is 0 Å². The molecule has 5 heteroatoms. The smallest absolute Gasteiger partial charge is 0.229 e. The third-order valence-electron chi connectivity index (χ3n) is 4.11. The van der Waals surface area contributed by atoms with Crippen molar-refractivity contribution in [2.24, 2.45) is 5.92 Å². The van der Waals surface area contributed by atoms with Crippen LogP contribution in [0.5, 0.6) is 11.5 Å². The first-order valence-corrected chi connectivity index (χ1v) is 8.77. The molecule has 24 heavy (non-hydrogen) atoms. The predicted molar refractivity (Wildman–Crippen MR) is 96.4 cm³/mol. The molecule has 0 unspecified atom stereocenters. The molecular weight excluding hydrogens is 370 g/mol. The van der Waals surface area contributed by atoms with Gasteiger partial charge in [0.15, 0.2) is 0 Å². The molecule has 126 valence electrons. The molecule has 0 aliphatic carbocycles. The van der Waals surface area contributed by atoms with E-state index in [-0.39, 0.29) is 11.8 Å². The van der Waals surface area contributed by atoms with Crippen molar-refractivity contribution < 1.29 is 14.3 Å². The van der Waals surface area contributed by atoms with E-state index in [1.807, 2.05) is 55.6 Å². The van der Waals surface area contributed by atoms with Gasteiger partial charge in [-0.1, -0.05) is 34.1 Å². The van der Waals surface area contributed by atoms with Crippen LogP contribution in [-0.2, 0) is 11.2 Å². The second kappa shape index (κ2) is 7.71. The Morgan fingerprint density at radius 2 is 2.00 bits per heavy atom. The third kappa shape index (κ3) is 4.09. The summed E-state index contributed by atoms with van der Waals surface area (Å²) in [4.78, 5) is 14.3. The normalized spacial score (nSPS) is 16.0. The lowest BCUT2D eigenvalue weighted by molar-refractivity contribution is -0.135. The molecule has 0 saturated heterocycles. The Bertz CT molecular complexity index is 702. The van der Waals surface area contributed by atoms with Gasteiger partial charge in [-0.15, -0.1) is 0 Å². The first-order valence-electron chi connectivity index (χ1n) is 7.97. The number of fused-ring (bicyclic) bond motifs is 1. The number of rotatable bonds is 5. The fourth-order valence-electron chi connectivity index (χ4n) is 2.74. The Kier molecular flexibility index (Phi) is 5.41. The standard InChI is InChI=1S/C19H20BrNO3/c1-21(10-11-23-17-8-6-16(20)7-9-17)19(22)15-12-14-4-2-3-5-18(14)24-13-15/h2-9,15H,10-13H2,1H3/t15-/m0/s1. The highest BCUT2D eigenvalue weighted by molar-refractivity contribution is 9.10. The number of hydrogen-bond acceptors (Lipinski definition) is 3. The topological polar surface area (TPSA) is 38.8 Å². The highest BCUT2D eigenvalue weighted by Gasteiger charge is 2.27. The summed E-state index contributed by atoms with van der Waals surface area (Å²) in [7, 11) is 1.81. The predicted octanol–water partition coefficient (Wildman–Crippen LogP) is 3.54. The molecule has 0 radical (unpaired) electrons. The Labute approximate surface area is 150 Å². The minimum atomic E-state index is -0.127. The van der Waals surface area contributed by atoms with Gasteiger partial charge in [-0.3, -0.25) is 4.79 Å². The molecule has 0 spiro atoms. The zero-order chi connectivity index (χ0) is 16.9. The van der Waals surface area contributed by atoms with E-state index in [1.54, 1.807) is 4.90 Å². The molecule has 1 atom stereocenters. The minimum absolute atomic E-state index is 0.101. The first kappa shape index (κ1) is 16.8. The molecule has 2 aromatic rings. The summed E-state index contributed by atoms with van der Waals surface area (Å²) in [5.41, 5.74) is 1.10. The van der Waals surface area contributed by atoms with Gasteiger partial charge in [-0.2, -0.15) is 0 Å². The van der Waals surface area contributed by atoms with Crippen molar-refractivity contribution in [2.45, 2.75) is 6.42 Å². The van der Waals surface area contributed by atoms with Crippen LogP contribution in [0.4, 0.5) is 0 Å². The summed E-state index contributed by atoms with van der Waals surface area (Å²) in [5.74, 6) is 1.67. The van der Waals surface area contributed by atoms with Crippen LogP contribution in [-0.4, -0.2) is 37.6 Å². The van der Waals surface area contributed by atoms with Crippen molar-refractivity contribution in [3.8, 4) is 11.5 Å². The maximum absolute atomic E-state index is 12.6. The highest BCUT2D eigenvalue weighted by Crippen LogP contribution is 2.27. The van der Waals surface area contributed by atoms with Gasteiger partial charge in [-0.05, 0) is 42.3 Å². The number of benzene rings is 2. The van der Waals surface area contributed by atoms with Crippen LogP contribution in [0.25, 0.3) is 0 Å². The monoisotopic (exact) mass is 389 g/mol. The third-order valence-corrected chi connectivity index (χ3v) is 4.64. The molecule has 0 fully saturated rings. The average molecular weight is 390 g/mol. The first-order chi connectivity index (χ1) is 11.6. The summed E-state index contributed by atoms with van der Waals surface area (Å²) in [6.45, 7) is 1.45. The number of carbonyl (C=O) groups excluding carboxylic acids is 1. The molecule has 1 aliphatic rings. The largest absolute Gasteiger partial charge is 0.492 e. The van der Waals surface area contributed by atoms with Gasteiger partial charge in [-0.25, -0.2) is 0 Å². The van der Waals surface area contributed by atoms with Gasteiger partial charge >= 0.3 is 0 Å². The highest BCUT2D eigenvalue weighted by atomic mass is 79.9. The van der Waals surface area contributed by atoms with E-state index in [2.05, 4.69) is 15.9 Å². The Balaban J connectivity index is 1.49. The molecule has 0 N–H and O–H groups in total. The molecule has 3 rings (SSSR count). The quantitative estimate of drug-likeness (QED) is 0.784. The number of carbonyl (C=O) groups is 1. The van der Waals surface area contributed by atoms with Gasteiger partial charge in [0.2, 0.25) is 5.91 Å². The van der Waals surface area contributed by atoms with E-state index in [0.29, 0.717) is 19.8 Å². The zero-order valence-corrected chi connectivity index (χ0v) is 15.2. The maximum atomic E-state index is 12.6. The van der Waals surface area contributed by atoms with Crippen molar-refractivity contribution in [1.82, 2.24) is 4.90 Å². The number of amides is 1. The van der Waals surface area contributed by atoms with Crippen LogP contribution in [0, 0.1) is 5.92 Å². The molecule has 1 aliphatic heterocycles. The Morgan fingerprint density at radius 1 is 1.25 bits per heavy atom. The molecule has 0 bridgehead atoms. The molecule has 0 aromatic heterocycles. The summed E-state index contributed by atoms with van der Waals surface area (Å²) < 4.78 is 12.4. The molecule has 1 heterocycles. The number of likely N-dealkylation sites (N-methyl/N-ethyl adjacent to an activating group) is 1. The maximum Gasteiger partial charge on any atom is 0.229 e. The lowest BCUT2D eigenvalue weighted by atomic mass is 9.95. The summed E-state index contributed by atoms with van der Waals surface area (Å²) >= 11 is 3.39. The van der Waals surface area contributed by atoms with Crippen LogP contribution in [0.3, 0.4) is 0 Å². The van der Waals surface area contributed by atoms with Crippen molar-refractivity contribution in [1.29, 1.82) is 0 Å². The minimum Gasteiger partial charge on any atom is -0.492 e. The van der Waals surface area contributed by atoms with Crippen molar-refractivity contribution in [3.05, 3.63) is 58.6 Å². The molecular formula is C19H20BrNO3. The van der Waals surface area contributed by atoms with Crippen molar-refractivity contribution >= 4 is 21.8 Å². The van der Waals surface area contributed by atoms with E-state index in [4.69, 9.17) is 9.47 Å². The average Bonchev–Trinajstić information content (AvgIpc) is 2.62. The number of halogens is 1. The van der Waals surface area contributed by atoms with Gasteiger partial charge in [0.25, 0.3) is 0 Å². The fraction of sp³-hybridized carbons (Fsp3) is 0.316. The van der Waals surface area contributed by atoms with Crippen LogP contribution in [0.15, 0.2) is 53.0 Å². The second-order valence-corrected chi connectivity index (χ2v) is 6.80. The zero-order valence-electron chi connectivity index (χ0n) is 13.6. The lowest BCUT2D eigenvalue weighted by Gasteiger charge is -2.28. The fourth-order valence-corrected chi connectivity index (χ4v) is 3.00. The van der Waals surface area contributed by atoms with Crippen LogP contribution >= 0.6 is 15.9 Å². The summed E-state index contributed by atoms with van der Waals surface area (Å²) in [5, 5.41) is 0. The van der Waals surface area contributed by atoms with Gasteiger partial charge < -0.3 is 14.4 Å². The van der Waals surface area contributed by atoms with Gasteiger partial charge in [0, 0.05) is 11.5 Å². The molecule has 2 aromatic carbocycles. The van der Waals surface area contributed by atoms with Gasteiger partial charge in [0.05, 0.1) is 12.5 Å². The Hall–Kier alpha value is -2.01. The van der Waals surface area contributed by atoms with Crippen molar-refractivity contribution in [3.63, 3.8) is 0 Å². The number of para-hydroxylation sites is 1. The van der Waals surface area contributed by atoms with Crippen LogP contribution in [0.1, 0.15) is 5.56 Å². The number of hydrogen-bond donors (Lipinski definition) is 0. The summed E-state index contributed by atoms with van der Waals surface area (Å²) in [6.07, 6.45) is 0.729. The van der Waals surface area contributed by atoms with E-state index < -0.39 is 0 Å². The van der Waals surface area contributed by atoms with Crippen LogP contribution in [0.2, 0.25) is 0 Å². The lowest BCUT2D eigenvalue weighted by Crippen LogP contribution is -2.40. The van der Waals surface area contributed by atoms with E-state index >= 15 is 0 Å². The molecule has 4 nitrogen and oxygen atoms in total. The molecule has 1 amide bonds. The number of nitrogens with zero attached hydrogens (tertiary/aromatic N) is 1. The second-order valence-electron chi connectivity index (χ2n) is 5.88. The van der Waals surface area contributed by atoms with Gasteiger partial charge in [0.1, 0.15) is 24.7 Å². The van der Waals surface area contributed by atoms with E-state index in [9.17, 15) is 4.79 Å². The summed E-state index contributed by atoms with van der Waals surface area (Å²) in [6, 6.07) is 15.6. The number of ether oxygens (including phenoxy) is 2. The van der Waals surface area contributed by atoms with Crippen LogP contribution < -0.4 is 9.47 Å². The van der Waals surface area contributed by atoms with Crippen molar-refractivity contribution in [2.75, 3.05) is 26.8 Å². The van der Waals surface area contributed by atoms with E-state index in [0.717, 1.165) is 28.0 Å². The SMILES string of the molecule is CN(CCOc1ccc(Br)cc1)C(=O)[C@@H]1COc2ccccc2C1.